The van der Waals surface area contributed by atoms with Crippen LogP contribution >= 0.6 is 11.3 Å². The summed E-state index contributed by atoms with van der Waals surface area (Å²) in [6, 6.07) is 8.65. The quantitative estimate of drug-likeness (QED) is 0.394. The summed E-state index contributed by atoms with van der Waals surface area (Å²) in [5.74, 6) is -0.147. The maximum absolute atomic E-state index is 12.9. The number of aromatic nitrogens is 1. The molecule has 172 valence electrons. The lowest BCUT2D eigenvalue weighted by molar-refractivity contribution is -0.385. The van der Waals surface area contributed by atoms with Crippen LogP contribution in [0.2, 0.25) is 0 Å². The number of nitro benzene ring substituents is 1. The van der Waals surface area contributed by atoms with E-state index >= 15 is 0 Å². The normalized spacial score (nSPS) is 12.7. The lowest BCUT2D eigenvalue weighted by Gasteiger charge is -2.27. The Morgan fingerprint density at radius 3 is 2.88 bits per heavy atom. The fourth-order valence-electron chi connectivity index (χ4n) is 3.84. The van der Waals surface area contributed by atoms with Gasteiger partial charge >= 0.3 is 0 Å². The van der Waals surface area contributed by atoms with Crippen molar-refractivity contribution in [2.45, 2.75) is 26.0 Å². The van der Waals surface area contributed by atoms with E-state index in [4.69, 9.17) is 9.47 Å². The van der Waals surface area contributed by atoms with Gasteiger partial charge in [0.1, 0.15) is 12.2 Å². The van der Waals surface area contributed by atoms with Crippen LogP contribution in [0.15, 0.2) is 41.2 Å². The first-order valence-electron chi connectivity index (χ1n) is 10.4. The van der Waals surface area contributed by atoms with Crippen molar-refractivity contribution in [3.8, 4) is 11.5 Å². The number of hydrogen-bond donors (Lipinski definition) is 1. The molecule has 1 N–H and O–H groups in total. The molecule has 0 fully saturated rings. The first-order valence-corrected chi connectivity index (χ1v) is 11.4. The van der Waals surface area contributed by atoms with Crippen LogP contribution < -0.4 is 19.7 Å². The van der Waals surface area contributed by atoms with Crippen molar-refractivity contribution in [1.82, 2.24) is 10.3 Å². The van der Waals surface area contributed by atoms with E-state index in [2.05, 4.69) is 34.4 Å². The fourth-order valence-corrected chi connectivity index (χ4v) is 4.38. The molecule has 3 aromatic rings. The Kier molecular flexibility index (Phi) is 6.74. The first kappa shape index (κ1) is 22.5. The van der Waals surface area contributed by atoms with Crippen molar-refractivity contribution in [3.63, 3.8) is 0 Å². The van der Waals surface area contributed by atoms with Crippen LogP contribution in [0.1, 0.15) is 33.6 Å². The van der Waals surface area contributed by atoms with E-state index in [1.54, 1.807) is 5.51 Å². The number of rotatable bonds is 8. The predicted octanol–water partition coefficient (Wildman–Crippen LogP) is 3.95. The van der Waals surface area contributed by atoms with Gasteiger partial charge in [0.05, 0.1) is 29.3 Å². The van der Waals surface area contributed by atoms with Crippen LogP contribution in [-0.2, 0) is 19.6 Å². The van der Waals surface area contributed by atoms with Crippen LogP contribution in [0, 0.1) is 10.1 Å². The fraction of sp³-hybridized carbons (Fsp3) is 0.304. The number of anilines is 1. The number of nitro groups is 1. The Bertz CT molecular complexity index is 1170. The van der Waals surface area contributed by atoms with Gasteiger partial charge in [-0.15, -0.1) is 11.3 Å². The summed E-state index contributed by atoms with van der Waals surface area (Å²) in [7, 11) is 3.49. The number of nitrogens with one attached hydrogen (secondary N) is 1. The molecule has 0 atom stereocenters. The van der Waals surface area contributed by atoms with Crippen molar-refractivity contribution < 1.29 is 19.2 Å². The van der Waals surface area contributed by atoms with Gasteiger partial charge < -0.3 is 19.7 Å². The summed E-state index contributed by atoms with van der Waals surface area (Å²) in [4.78, 5) is 30.3. The second kappa shape index (κ2) is 9.86. The Morgan fingerprint density at radius 2 is 2.15 bits per heavy atom. The minimum atomic E-state index is -0.598. The molecule has 1 amide bonds. The number of nitrogens with zero attached hydrogens (tertiary/aromatic N) is 3. The van der Waals surface area contributed by atoms with Gasteiger partial charge in [-0.1, -0.05) is 12.1 Å². The second-order valence-electron chi connectivity index (χ2n) is 7.72. The third-order valence-electron chi connectivity index (χ3n) is 5.53. The van der Waals surface area contributed by atoms with Gasteiger partial charge in [0.15, 0.2) is 11.5 Å². The van der Waals surface area contributed by atoms with E-state index in [9.17, 15) is 14.9 Å². The highest BCUT2D eigenvalue weighted by Crippen LogP contribution is 2.35. The highest BCUT2D eigenvalue weighted by atomic mass is 32.1. The standard InChI is InChI=1S/C23H24N4O5S/c1-26-7-3-4-16-8-15(5-6-19(16)26)11-24-23(28)18-9-21(31-2)22(10-20(18)27(29)30)32-12-17-13-33-14-25-17/h5-6,8-10,13-14H,3-4,7,11-12H2,1-2H3,(H,24,28). The summed E-state index contributed by atoms with van der Waals surface area (Å²) in [6.45, 7) is 1.42. The maximum atomic E-state index is 12.9. The second-order valence-corrected chi connectivity index (χ2v) is 8.44. The monoisotopic (exact) mass is 468 g/mol. The third-order valence-corrected chi connectivity index (χ3v) is 6.17. The van der Waals surface area contributed by atoms with Gasteiger partial charge in [-0.3, -0.25) is 14.9 Å². The number of amides is 1. The van der Waals surface area contributed by atoms with Crippen LogP contribution in [0.5, 0.6) is 11.5 Å². The molecule has 4 rings (SSSR count). The molecule has 9 nitrogen and oxygen atoms in total. The van der Waals surface area contributed by atoms with Gasteiger partial charge in [-0.2, -0.15) is 0 Å². The van der Waals surface area contributed by atoms with E-state index in [-0.39, 0.29) is 35.9 Å². The zero-order chi connectivity index (χ0) is 23.4. The van der Waals surface area contributed by atoms with Crippen LogP contribution in [-0.4, -0.2) is 36.5 Å². The Labute approximate surface area is 195 Å². The lowest BCUT2D eigenvalue weighted by Crippen LogP contribution is -2.26. The smallest absolute Gasteiger partial charge is 0.286 e. The van der Waals surface area contributed by atoms with E-state index in [0.717, 1.165) is 24.9 Å². The van der Waals surface area contributed by atoms with Crippen molar-refractivity contribution in [1.29, 1.82) is 0 Å². The number of fused-ring (bicyclic) bond motifs is 1. The average molecular weight is 469 g/mol. The van der Waals surface area contributed by atoms with Gasteiger partial charge in [-0.25, -0.2) is 4.98 Å². The molecule has 0 bridgehead atoms. The third kappa shape index (κ3) is 5.06. The van der Waals surface area contributed by atoms with Crippen LogP contribution in [0.25, 0.3) is 0 Å². The molecule has 0 saturated carbocycles. The molecule has 0 saturated heterocycles. The van der Waals surface area contributed by atoms with Gasteiger partial charge in [0.2, 0.25) is 0 Å². The number of carbonyl (C=O) groups is 1. The summed E-state index contributed by atoms with van der Waals surface area (Å²) >= 11 is 1.42. The topological polar surface area (TPSA) is 107 Å². The number of thiazole rings is 1. The summed E-state index contributed by atoms with van der Waals surface area (Å²) in [5.41, 5.74) is 5.31. The molecule has 0 aliphatic carbocycles. The average Bonchev–Trinajstić information content (AvgIpc) is 3.34. The minimum absolute atomic E-state index is 0.0875. The number of carbonyl (C=O) groups excluding carboxylic acids is 1. The van der Waals surface area contributed by atoms with Crippen molar-refractivity contribution in [3.05, 3.63) is 73.7 Å². The zero-order valence-corrected chi connectivity index (χ0v) is 19.2. The van der Waals surface area contributed by atoms with Crippen molar-refractivity contribution in [2.75, 3.05) is 25.6 Å². The summed E-state index contributed by atoms with van der Waals surface area (Å²) in [5, 5.41) is 16.3. The molecular weight excluding hydrogens is 444 g/mol. The predicted molar refractivity (Wildman–Crippen MR) is 125 cm³/mol. The Hall–Kier alpha value is -3.66. The maximum Gasteiger partial charge on any atom is 0.286 e. The highest BCUT2D eigenvalue weighted by molar-refractivity contribution is 7.07. The van der Waals surface area contributed by atoms with E-state index in [1.165, 1.54) is 41.8 Å². The van der Waals surface area contributed by atoms with Crippen LogP contribution in [0.4, 0.5) is 11.4 Å². The molecule has 2 aromatic carbocycles. The van der Waals surface area contributed by atoms with Crippen LogP contribution in [0.3, 0.4) is 0 Å². The molecule has 10 heteroatoms. The molecular formula is C23H24N4O5S. The Morgan fingerprint density at radius 1 is 1.30 bits per heavy atom. The molecule has 2 heterocycles. The van der Waals surface area contributed by atoms with Crippen molar-refractivity contribution in [2.24, 2.45) is 0 Å². The van der Waals surface area contributed by atoms with Gasteiger partial charge in [0.25, 0.3) is 11.6 Å². The molecule has 0 spiro atoms. The number of hydrogen-bond acceptors (Lipinski definition) is 8. The Balaban J connectivity index is 1.52. The molecule has 1 aliphatic rings. The number of benzene rings is 2. The molecule has 1 aromatic heterocycles. The highest BCUT2D eigenvalue weighted by Gasteiger charge is 2.25. The van der Waals surface area contributed by atoms with E-state index in [0.29, 0.717) is 5.69 Å². The minimum Gasteiger partial charge on any atom is -0.493 e. The van der Waals surface area contributed by atoms with Crippen molar-refractivity contribution >= 4 is 28.6 Å². The SMILES string of the molecule is COc1cc(C(=O)NCc2ccc3c(c2)CCCN3C)c([N+](=O)[O-])cc1OCc1cscn1. The zero-order valence-electron chi connectivity index (χ0n) is 18.4. The first-order chi connectivity index (χ1) is 16.0. The molecule has 33 heavy (non-hydrogen) atoms. The molecule has 0 radical (unpaired) electrons. The van der Waals surface area contributed by atoms with E-state index < -0.39 is 10.8 Å². The van der Waals surface area contributed by atoms with Gasteiger partial charge in [0, 0.05) is 37.3 Å². The van der Waals surface area contributed by atoms with Gasteiger partial charge in [-0.05, 0) is 30.0 Å². The summed E-state index contributed by atoms with van der Waals surface area (Å²) < 4.78 is 11.0. The molecule has 1 aliphatic heterocycles. The molecule has 0 unspecified atom stereocenters. The largest absolute Gasteiger partial charge is 0.493 e. The number of aryl methyl sites for hydroxylation is 1. The number of ether oxygens (including phenoxy) is 2. The van der Waals surface area contributed by atoms with E-state index in [1.807, 2.05) is 11.4 Å². The number of methoxy groups -OCH3 is 1. The summed E-state index contributed by atoms with van der Waals surface area (Å²) in [6.07, 6.45) is 2.08. The lowest BCUT2D eigenvalue weighted by atomic mass is 9.99.